The third-order valence-electron chi connectivity index (χ3n) is 3.43. The van der Waals surface area contributed by atoms with Crippen LogP contribution in [0.5, 0.6) is 0 Å². The maximum Gasteiger partial charge on any atom is 0.257 e. The number of hydrogen-bond donors (Lipinski definition) is 1. The molecule has 0 bridgehead atoms. The maximum atomic E-state index is 13.9. The highest BCUT2D eigenvalue weighted by Crippen LogP contribution is 2.19. The fourth-order valence-corrected chi connectivity index (χ4v) is 2.38. The second-order valence-corrected chi connectivity index (χ2v) is 5.56. The number of rotatable bonds is 6. The fraction of sp³-hybridized carbons (Fsp3) is 0.562. The van der Waals surface area contributed by atoms with E-state index in [-0.39, 0.29) is 17.5 Å². The standard InChI is InChI=1S/C16H25FN2O/c1-5-13(6-2)19(10-11(3)4)16(20)14-8-7-12(18)9-15(14)17/h7-9,11,13H,5-6,10,18H2,1-4H3. The molecule has 0 aliphatic rings. The van der Waals surface area contributed by atoms with Gasteiger partial charge in [-0.2, -0.15) is 0 Å². The molecule has 0 unspecified atom stereocenters. The molecule has 0 atom stereocenters. The number of amides is 1. The first kappa shape index (κ1) is 16.5. The van der Waals surface area contributed by atoms with Gasteiger partial charge in [0.1, 0.15) is 5.82 Å². The molecule has 0 radical (unpaired) electrons. The van der Waals surface area contributed by atoms with Crippen molar-refractivity contribution in [3.05, 3.63) is 29.6 Å². The summed E-state index contributed by atoms with van der Waals surface area (Å²) in [5.74, 6) is -0.448. The van der Waals surface area contributed by atoms with Crippen LogP contribution in [0, 0.1) is 11.7 Å². The number of halogens is 1. The van der Waals surface area contributed by atoms with Gasteiger partial charge in [-0.25, -0.2) is 4.39 Å². The van der Waals surface area contributed by atoms with Gasteiger partial charge >= 0.3 is 0 Å². The zero-order valence-corrected chi connectivity index (χ0v) is 12.8. The summed E-state index contributed by atoms with van der Waals surface area (Å²) in [6, 6.07) is 4.38. The van der Waals surface area contributed by atoms with E-state index in [1.54, 1.807) is 11.0 Å². The van der Waals surface area contributed by atoms with Crippen molar-refractivity contribution in [1.82, 2.24) is 4.90 Å². The monoisotopic (exact) mass is 280 g/mol. The molecular formula is C16H25FN2O. The highest BCUT2D eigenvalue weighted by atomic mass is 19.1. The molecular weight excluding hydrogens is 255 g/mol. The lowest BCUT2D eigenvalue weighted by Crippen LogP contribution is -2.42. The average molecular weight is 280 g/mol. The second kappa shape index (κ2) is 7.27. The Morgan fingerprint density at radius 3 is 2.35 bits per heavy atom. The van der Waals surface area contributed by atoms with Gasteiger partial charge in [0.2, 0.25) is 0 Å². The Labute approximate surface area is 121 Å². The van der Waals surface area contributed by atoms with Crippen molar-refractivity contribution in [2.45, 2.75) is 46.6 Å². The van der Waals surface area contributed by atoms with Crippen molar-refractivity contribution in [3.8, 4) is 0 Å². The Bertz CT molecular complexity index is 456. The van der Waals surface area contributed by atoms with E-state index < -0.39 is 5.82 Å². The van der Waals surface area contributed by atoms with Gasteiger partial charge in [-0.3, -0.25) is 4.79 Å². The first-order chi connectivity index (χ1) is 9.40. The molecule has 2 N–H and O–H groups in total. The van der Waals surface area contributed by atoms with Crippen molar-refractivity contribution in [2.75, 3.05) is 12.3 Å². The number of nitrogen functional groups attached to an aromatic ring is 1. The molecule has 4 heteroatoms. The van der Waals surface area contributed by atoms with Gasteiger partial charge < -0.3 is 10.6 Å². The van der Waals surface area contributed by atoms with Crippen molar-refractivity contribution in [2.24, 2.45) is 5.92 Å². The van der Waals surface area contributed by atoms with Crippen LogP contribution in [0.3, 0.4) is 0 Å². The van der Waals surface area contributed by atoms with E-state index in [0.717, 1.165) is 12.8 Å². The van der Waals surface area contributed by atoms with Crippen molar-refractivity contribution in [1.29, 1.82) is 0 Å². The molecule has 112 valence electrons. The molecule has 0 saturated carbocycles. The Balaban J connectivity index is 3.09. The van der Waals surface area contributed by atoms with Gasteiger partial charge in [-0.1, -0.05) is 27.7 Å². The highest BCUT2D eigenvalue weighted by Gasteiger charge is 2.25. The number of anilines is 1. The largest absolute Gasteiger partial charge is 0.399 e. The molecule has 1 amide bonds. The first-order valence-electron chi connectivity index (χ1n) is 7.26. The molecule has 3 nitrogen and oxygen atoms in total. The molecule has 1 rings (SSSR count). The summed E-state index contributed by atoms with van der Waals surface area (Å²) in [4.78, 5) is 14.4. The third kappa shape index (κ3) is 3.95. The summed E-state index contributed by atoms with van der Waals surface area (Å²) in [6.07, 6.45) is 1.73. The number of carbonyl (C=O) groups excluding carboxylic acids is 1. The molecule has 0 aromatic heterocycles. The zero-order valence-electron chi connectivity index (χ0n) is 12.8. The van der Waals surface area contributed by atoms with Gasteiger partial charge in [0.25, 0.3) is 5.91 Å². The van der Waals surface area contributed by atoms with E-state index in [1.807, 2.05) is 13.8 Å². The number of hydrogen-bond acceptors (Lipinski definition) is 2. The van der Waals surface area contributed by atoms with Gasteiger partial charge in [0.15, 0.2) is 0 Å². The molecule has 0 aliphatic carbocycles. The normalized spacial score (nSPS) is 11.2. The van der Waals surface area contributed by atoms with Crippen LogP contribution in [0.15, 0.2) is 18.2 Å². The van der Waals surface area contributed by atoms with Crippen LogP contribution in [0.25, 0.3) is 0 Å². The fourth-order valence-electron chi connectivity index (χ4n) is 2.38. The van der Waals surface area contributed by atoms with Crippen LogP contribution >= 0.6 is 0 Å². The van der Waals surface area contributed by atoms with Crippen molar-refractivity contribution < 1.29 is 9.18 Å². The minimum absolute atomic E-state index is 0.103. The minimum Gasteiger partial charge on any atom is -0.399 e. The van der Waals surface area contributed by atoms with E-state index in [1.165, 1.54) is 12.1 Å². The van der Waals surface area contributed by atoms with Crippen molar-refractivity contribution >= 4 is 11.6 Å². The molecule has 0 fully saturated rings. The van der Waals surface area contributed by atoms with E-state index in [9.17, 15) is 9.18 Å². The van der Waals surface area contributed by atoms with E-state index in [4.69, 9.17) is 5.73 Å². The number of carbonyl (C=O) groups is 1. The smallest absolute Gasteiger partial charge is 0.257 e. The quantitative estimate of drug-likeness (QED) is 0.808. The topological polar surface area (TPSA) is 46.3 Å². The molecule has 0 aliphatic heterocycles. The van der Waals surface area contributed by atoms with E-state index in [2.05, 4.69) is 13.8 Å². The summed E-state index contributed by atoms with van der Waals surface area (Å²) in [7, 11) is 0. The summed E-state index contributed by atoms with van der Waals surface area (Å²) in [6.45, 7) is 8.85. The SMILES string of the molecule is CCC(CC)N(CC(C)C)C(=O)c1ccc(N)cc1F. The highest BCUT2D eigenvalue weighted by molar-refractivity contribution is 5.95. The lowest BCUT2D eigenvalue weighted by molar-refractivity contribution is 0.0635. The number of nitrogens with two attached hydrogens (primary N) is 1. The molecule has 0 heterocycles. The zero-order chi connectivity index (χ0) is 15.3. The van der Waals surface area contributed by atoms with E-state index >= 15 is 0 Å². The number of nitrogens with zero attached hydrogens (tertiary/aromatic N) is 1. The second-order valence-electron chi connectivity index (χ2n) is 5.56. The summed E-state index contributed by atoms with van der Waals surface area (Å²) in [5, 5.41) is 0. The summed E-state index contributed by atoms with van der Waals surface area (Å²) < 4.78 is 13.9. The summed E-state index contributed by atoms with van der Waals surface area (Å²) in [5.41, 5.74) is 5.97. The molecule has 0 saturated heterocycles. The summed E-state index contributed by atoms with van der Waals surface area (Å²) >= 11 is 0. The average Bonchev–Trinajstić information content (AvgIpc) is 2.37. The van der Waals surface area contributed by atoms with Gasteiger partial charge in [0.05, 0.1) is 5.56 Å². The number of benzene rings is 1. The van der Waals surface area contributed by atoms with Crippen LogP contribution in [-0.2, 0) is 0 Å². The lowest BCUT2D eigenvalue weighted by atomic mass is 10.0. The van der Waals surface area contributed by atoms with Crippen LogP contribution < -0.4 is 5.73 Å². The van der Waals surface area contributed by atoms with Gasteiger partial charge in [-0.15, -0.1) is 0 Å². The third-order valence-corrected chi connectivity index (χ3v) is 3.43. The lowest BCUT2D eigenvalue weighted by Gasteiger charge is -2.32. The van der Waals surface area contributed by atoms with Crippen LogP contribution in [0.1, 0.15) is 50.9 Å². The molecule has 20 heavy (non-hydrogen) atoms. The Kier molecular flexibility index (Phi) is 5.99. The van der Waals surface area contributed by atoms with Crippen LogP contribution in [-0.4, -0.2) is 23.4 Å². The molecule has 1 aromatic carbocycles. The Morgan fingerprint density at radius 2 is 1.90 bits per heavy atom. The van der Waals surface area contributed by atoms with Crippen LogP contribution in [0.2, 0.25) is 0 Å². The molecule has 0 spiro atoms. The Morgan fingerprint density at radius 1 is 1.30 bits per heavy atom. The minimum atomic E-state index is -0.547. The van der Waals surface area contributed by atoms with Crippen molar-refractivity contribution in [3.63, 3.8) is 0 Å². The predicted octanol–water partition coefficient (Wildman–Crippen LogP) is 3.69. The van der Waals surface area contributed by atoms with Crippen LogP contribution in [0.4, 0.5) is 10.1 Å². The first-order valence-corrected chi connectivity index (χ1v) is 7.26. The maximum absolute atomic E-state index is 13.9. The van der Waals surface area contributed by atoms with E-state index in [0.29, 0.717) is 18.2 Å². The van der Waals surface area contributed by atoms with Gasteiger partial charge in [0, 0.05) is 18.3 Å². The Hall–Kier alpha value is -1.58. The predicted molar refractivity (Wildman–Crippen MR) is 81.1 cm³/mol. The molecule has 1 aromatic rings. The van der Waals surface area contributed by atoms with Gasteiger partial charge in [-0.05, 0) is 37.0 Å².